The molecule has 0 N–H and O–H groups in total. The zero-order valence-corrected chi connectivity index (χ0v) is 10.6. The molecule has 1 aromatic heterocycles. The van der Waals surface area contributed by atoms with Gasteiger partial charge < -0.3 is 0 Å². The quantitative estimate of drug-likeness (QED) is 0.557. The SMILES string of the molecule is Cc1cc(C(C)(C)C)[s+]c2ccccc12. The molecule has 1 heteroatoms. The molecule has 0 saturated heterocycles. The molecule has 0 atom stereocenters. The average Bonchev–Trinajstić information content (AvgIpc) is 2.16. The second-order valence-electron chi connectivity index (χ2n) is 5.04. The number of hydrogen-bond donors (Lipinski definition) is 0. The topological polar surface area (TPSA) is 0 Å². The molecule has 0 aliphatic carbocycles. The Morgan fingerprint density at radius 1 is 1.07 bits per heavy atom. The third-order valence-corrected chi connectivity index (χ3v) is 4.14. The lowest BCUT2D eigenvalue weighted by atomic mass is 9.93. The first-order valence-electron chi connectivity index (χ1n) is 5.31. The highest BCUT2D eigenvalue weighted by Gasteiger charge is 2.25. The van der Waals surface area contributed by atoms with Gasteiger partial charge in [0.2, 0.25) is 20.9 Å². The van der Waals surface area contributed by atoms with Crippen LogP contribution in [0.2, 0.25) is 0 Å². The van der Waals surface area contributed by atoms with Gasteiger partial charge in [-0.05, 0) is 18.6 Å². The van der Waals surface area contributed by atoms with Crippen molar-refractivity contribution < 1.29 is 0 Å². The highest BCUT2D eigenvalue weighted by Crippen LogP contribution is 2.33. The summed E-state index contributed by atoms with van der Waals surface area (Å²) in [5.41, 5.74) is 1.63. The minimum atomic E-state index is 0.249. The van der Waals surface area contributed by atoms with Gasteiger partial charge in [-0.1, -0.05) is 32.9 Å². The van der Waals surface area contributed by atoms with Crippen molar-refractivity contribution >= 4 is 21.4 Å². The van der Waals surface area contributed by atoms with Gasteiger partial charge in [-0.25, -0.2) is 0 Å². The van der Waals surface area contributed by atoms with Gasteiger partial charge in [-0.15, -0.1) is 0 Å². The summed E-state index contributed by atoms with van der Waals surface area (Å²) in [6, 6.07) is 11.0. The normalized spacial score (nSPS) is 12.0. The largest absolute Gasteiger partial charge is 0.238 e. The Bertz CT molecular complexity index is 492. The van der Waals surface area contributed by atoms with E-state index in [1.165, 1.54) is 20.5 Å². The van der Waals surface area contributed by atoms with E-state index in [1.807, 2.05) is 11.3 Å². The molecule has 0 saturated carbocycles. The fourth-order valence-corrected chi connectivity index (χ4v) is 2.94. The van der Waals surface area contributed by atoms with E-state index in [0.29, 0.717) is 0 Å². The lowest BCUT2D eigenvalue weighted by molar-refractivity contribution is 0.603. The third kappa shape index (κ3) is 2.03. The lowest BCUT2D eigenvalue weighted by Gasteiger charge is -2.11. The standard InChI is InChI=1S/C14H17S/c1-10-9-13(14(2,3)4)15-12-8-6-5-7-11(10)12/h5-9H,1-4H3/q+1. The van der Waals surface area contributed by atoms with Crippen molar-refractivity contribution in [2.45, 2.75) is 33.1 Å². The van der Waals surface area contributed by atoms with Crippen LogP contribution in [0.1, 0.15) is 31.2 Å². The predicted octanol–water partition coefficient (Wildman–Crippen LogP) is 4.79. The van der Waals surface area contributed by atoms with E-state index in [4.69, 9.17) is 0 Å². The monoisotopic (exact) mass is 217 g/mol. The van der Waals surface area contributed by atoms with E-state index in [2.05, 4.69) is 58.0 Å². The van der Waals surface area contributed by atoms with Gasteiger partial charge in [0.15, 0.2) is 0 Å². The molecule has 78 valence electrons. The van der Waals surface area contributed by atoms with Crippen molar-refractivity contribution in [3.8, 4) is 0 Å². The lowest BCUT2D eigenvalue weighted by Crippen LogP contribution is -2.09. The van der Waals surface area contributed by atoms with Crippen LogP contribution in [0.25, 0.3) is 10.1 Å². The molecule has 0 unspecified atom stereocenters. The maximum atomic E-state index is 2.33. The van der Waals surface area contributed by atoms with E-state index in [0.717, 1.165) is 0 Å². The van der Waals surface area contributed by atoms with Crippen molar-refractivity contribution in [2.75, 3.05) is 0 Å². The van der Waals surface area contributed by atoms with Gasteiger partial charge in [-0.3, -0.25) is 0 Å². The summed E-state index contributed by atoms with van der Waals surface area (Å²) >= 11 is 1.91. The molecule has 0 nitrogen and oxygen atoms in total. The number of fused-ring (bicyclic) bond motifs is 1. The van der Waals surface area contributed by atoms with E-state index in [9.17, 15) is 0 Å². The molecule has 0 spiro atoms. The predicted molar refractivity (Wildman–Crippen MR) is 69.7 cm³/mol. The van der Waals surface area contributed by atoms with E-state index >= 15 is 0 Å². The van der Waals surface area contributed by atoms with Gasteiger partial charge >= 0.3 is 0 Å². The molecule has 1 aromatic carbocycles. The van der Waals surface area contributed by atoms with Crippen LogP contribution in [0.4, 0.5) is 0 Å². The summed E-state index contributed by atoms with van der Waals surface area (Å²) in [6.45, 7) is 9.01. The van der Waals surface area contributed by atoms with Gasteiger partial charge in [0.25, 0.3) is 0 Å². The van der Waals surface area contributed by atoms with Crippen LogP contribution < -0.4 is 0 Å². The molecule has 15 heavy (non-hydrogen) atoms. The molecule has 0 fully saturated rings. The first-order valence-corrected chi connectivity index (χ1v) is 6.13. The zero-order chi connectivity index (χ0) is 11.1. The Morgan fingerprint density at radius 3 is 2.40 bits per heavy atom. The summed E-state index contributed by atoms with van der Waals surface area (Å²) in [6.07, 6.45) is 0. The molecule has 1 heterocycles. The minimum Gasteiger partial charge on any atom is -0.0613 e. The minimum absolute atomic E-state index is 0.249. The van der Waals surface area contributed by atoms with Gasteiger partial charge in [0, 0.05) is 22.9 Å². The van der Waals surface area contributed by atoms with Crippen LogP contribution >= 0.6 is 11.3 Å². The smallest absolute Gasteiger partial charge is 0.0613 e. The Kier molecular flexibility index (Phi) is 2.51. The van der Waals surface area contributed by atoms with Gasteiger partial charge in [0.1, 0.15) is 0 Å². The summed E-state index contributed by atoms with van der Waals surface area (Å²) < 4.78 is 1.39. The first kappa shape index (κ1) is 10.6. The molecular weight excluding hydrogens is 200 g/mol. The van der Waals surface area contributed by atoms with Crippen molar-refractivity contribution in [1.82, 2.24) is 0 Å². The van der Waals surface area contributed by atoms with Crippen LogP contribution in [-0.4, -0.2) is 0 Å². The molecule has 0 amide bonds. The molecule has 2 aromatic rings. The molecule has 0 aliphatic heterocycles. The van der Waals surface area contributed by atoms with Crippen molar-refractivity contribution in [1.29, 1.82) is 0 Å². The molecule has 0 radical (unpaired) electrons. The Morgan fingerprint density at radius 2 is 1.73 bits per heavy atom. The first-order chi connectivity index (χ1) is 6.98. The van der Waals surface area contributed by atoms with Crippen LogP contribution in [0.5, 0.6) is 0 Å². The molecular formula is C14H17S+. The summed E-state index contributed by atoms with van der Waals surface area (Å²) in [5, 5.41) is 1.38. The fourth-order valence-electron chi connectivity index (χ4n) is 1.67. The highest BCUT2D eigenvalue weighted by atomic mass is 32.1. The fraction of sp³-hybridized carbons (Fsp3) is 0.357. The van der Waals surface area contributed by atoms with Gasteiger partial charge in [-0.2, -0.15) is 0 Å². The second-order valence-corrected chi connectivity index (χ2v) is 6.12. The van der Waals surface area contributed by atoms with E-state index < -0.39 is 0 Å². The van der Waals surface area contributed by atoms with Crippen molar-refractivity contribution in [3.63, 3.8) is 0 Å². The maximum Gasteiger partial charge on any atom is 0.238 e. The van der Waals surface area contributed by atoms with Crippen molar-refractivity contribution in [3.05, 3.63) is 40.8 Å². The van der Waals surface area contributed by atoms with Crippen molar-refractivity contribution in [2.24, 2.45) is 0 Å². The van der Waals surface area contributed by atoms with Gasteiger partial charge in [0.05, 0.1) is 0 Å². The summed E-state index contributed by atoms with van der Waals surface area (Å²) in [4.78, 5) is 1.46. The highest BCUT2D eigenvalue weighted by molar-refractivity contribution is 7.18. The number of benzene rings is 1. The number of aryl methyl sites for hydroxylation is 1. The Labute approximate surface area is 95.6 Å². The molecule has 2 rings (SSSR count). The zero-order valence-electron chi connectivity index (χ0n) is 9.79. The summed E-state index contributed by atoms with van der Waals surface area (Å²) in [5.74, 6) is 0. The molecule has 0 aliphatic rings. The van der Waals surface area contributed by atoms with Crippen LogP contribution in [-0.2, 0) is 5.41 Å². The average molecular weight is 217 g/mol. The Balaban J connectivity index is 2.73. The van der Waals surface area contributed by atoms with Crippen LogP contribution in [0.15, 0.2) is 30.3 Å². The Hall–Kier alpha value is -0.950. The maximum absolute atomic E-state index is 2.33. The number of rotatable bonds is 0. The molecule has 0 bridgehead atoms. The van der Waals surface area contributed by atoms with E-state index in [1.54, 1.807) is 0 Å². The van der Waals surface area contributed by atoms with Crippen LogP contribution in [0, 0.1) is 6.92 Å². The van der Waals surface area contributed by atoms with Crippen LogP contribution in [0.3, 0.4) is 0 Å². The third-order valence-electron chi connectivity index (χ3n) is 2.62. The van der Waals surface area contributed by atoms with E-state index in [-0.39, 0.29) is 5.41 Å². The second kappa shape index (κ2) is 3.57. The summed E-state index contributed by atoms with van der Waals surface area (Å²) in [7, 11) is 0. The number of hydrogen-bond acceptors (Lipinski definition) is 0.